The zero-order chi connectivity index (χ0) is 19.4. The highest BCUT2D eigenvalue weighted by molar-refractivity contribution is 5.72. The second kappa shape index (κ2) is 7.73. The number of rotatable bonds is 7. The van der Waals surface area contributed by atoms with E-state index in [2.05, 4.69) is 15.1 Å². The average Bonchev–Trinajstić information content (AvgIpc) is 3.12. The molecule has 1 aromatic carbocycles. The fourth-order valence-corrected chi connectivity index (χ4v) is 2.77. The van der Waals surface area contributed by atoms with Gasteiger partial charge in [0.15, 0.2) is 11.5 Å². The lowest BCUT2D eigenvalue weighted by molar-refractivity contribution is 0.354. The first-order valence-electron chi connectivity index (χ1n) is 8.05. The SMILES string of the molecule is COc1cc(Cc2cnc(N)nc2N)cc(-c2ccc(CN=O)o2)c1OC. The van der Waals surface area contributed by atoms with Gasteiger partial charge < -0.3 is 25.4 Å². The first-order chi connectivity index (χ1) is 13.0. The summed E-state index contributed by atoms with van der Waals surface area (Å²) in [5, 5.41) is 2.84. The summed E-state index contributed by atoms with van der Waals surface area (Å²) < 4.78 is 16.7. The molecule has 0 spiro atoms. The largest absolute Gasteiger partial charge is 0.493 e. The first-order valence-corrected chi connectivity index (χ1v) is 8.05. The Labute approximate surface area is 155 Å². The molecule has 0 aliphatic rings. The van der Waals surface area contributed by atoms with E-state index in [1.807, 2.05) is 12.1 Å². The molecule has 2 heterocycles. The van der Waals surface area contributed by atoms with Crippen LogP contribution in [0.2, 0.25) is 0 Å². The Kier molecular flexibility index (Phi) is 5.20. The normalized spacial score (nSPS) is 10.6. The van der Waals surface area contributed by atoms with E-state index in [0.29, 0.717) is 40.8 Å². The van der Waals surface area contributed by atoms with Gasteiger partial charge in [0, 0.05) is 18.2 Å². The molecule has 4 N–H and O–H groups in total. The van der Waals surface area contributed by atoms with Crippen LogP contribution in [0.3, 0.4) is 0 Å². The Balaban J connectivity index is 2.05. The van der Waals surface area contributed by atoms with E-state index in [4.69, 9.17) is 25.4 Å². The van der Waals surface area contributed by atoms with Crippen LogP contribution in [-0.2, 0) is 13.0 Å². The van der Waals surface area contributed by atoms with Crippen molar-refractivity contribution in [1.82, 2.24) is 9.97 Å². The van der Waals surface area contributed by atoms with Crippen LogP contribution in [0.25, 0.3) is 11.3 Å². The molecule has 0 saturated heterocycles. The highest BCUT2D eigenvalue weighted by atomic mass is 16.5. The Morgan fingerprint density at radius 2 is 2.00 bits per heavy atom. The zero-order valence-corrected chi connectivity index (χ0v) is 14.9. The Bertz CT molecular complexity index is 970. The van der Waals surface area contributed by atoms with E-state index < -0.39 is 0 Å². The van der Waals surface area contributed by atoms with Gasteiger partial charge in [0.05, 0.1) is 19.8 Å². The molecule has 27 heavy (non-hydrogen) atoms. The minimum Gasteiger partial charge on any atom is -0.493 e. The smallest absolute Gasteiger partial charge is 0.221 e. The molecular formula is C18H19N5O4. The van der Waals surface area contributed by atoms with Crippen molar-refractivity contribution in [2.75, 3.05) is 25.7 Å². The molecule has 2 aromatic heterocycles. The number of hydrogen-bond acceptors (Lipinski definition) is 9. The molecule has 9 heteroatoms. The Morgan fingerprint density at radius 1 is 1.19 bits per heavy atom. The lowest BCUT2D eigenvalue weighted by Crippen LogP contribution is -2.04. The van der Waals surface area contributed by atoms with Gasteiger partial charge in [-0.2, -0.15) is 9.89 Å². The van der Waals surface area contributed by atoms with E-state index >= 15 is 0 Å². The molecule has 0 aliphatic heterocycles. The lowest BCUT2D eigenvalue weighted by Gasteiger charge is -2.14. The number of benzene rings is 1. The van der Waals surface area contributed by atoms with Crippen molar-refractivity contribution in [2.24, 2.45) is 5.18 Å². The van der Waals surface area contributed by atoms with E-state index in [-0.39, 0.29) is 12.5 Å². The summed E-state index contributed by atoms with van der Waals surface area (Å²) in [5.74, 6) is 2.48. The number of methoxy groups -OCH3 is 2. The van der Waals surface area contributed by atoms with E-state index in [1.54, 1.807) is 32.5 Å². The van der Waals surface area contributed by atoms with Crippen LogP contribution < -0.4 is 20.9 Å². The van der Waals surface area contributed by atoms with Crippen molar-refractivity contribution in [3.63, 3.8) is 0 Å². The van der Waals surface area contributed by atoms with Gasteiger partial charge in [-0.1, -0.05) is 5.18 Å². The second-order valence-corrected chi connectivity index (χ2v) is 5.75. The maximum absolute atomic E-state index is 10.5. The summed E-state index contributed by atoms with van der Waals surface area (Å²) in [6.07, 6.45) is 2.05. The lowest BCUT2D eigenvalue weighted by atomic mass is 10.0. The fraction of sp³-hybridized carbons (Fsp3) is 0.222. The number of anilines is 2. The highest BCUT2D eigenvalue weighted by Crippen LogP contribution is 2.40. The number of hydrogen-bond donors (Lipinski definition) is 2. The standard InChI is InChI=1S/C18H19N5O4/c1-25-15-7-10(5-11-8-21-18(20)23-17(11)19)6-13(16(15)26-2)14-4-3-12(27-14)9-22-24/h3-4,6-8H,5,9H2,1-2H3,(H4,19,20,21,23). The van der Waals surface area contributed by atoms with Crippen molar-refractivity contribution in [3.8, 4) is 22.8 Å². The zero-order valence-electron chi connectivity index (χ0n) is 14.9. The molecular weight excluding hydrogens is 350 g/mol. The summed E-state index contributed by atoms with van der Waals surface area (Å²) in [7, 11) is 3.10. The number of nitrogen functional groups attached to an aromatic ring is 2. The maximum Gasteiger partial charge on any atom is 0.221 e. The molecule has 140 valence electrons. The summed E-state index contributed by atoms with van der Waals surface area (Å²) in [5.41, 5.74) is 13.8. The average molecular weight is 369 g/mol. The van der Waals surface area contributed by atoms with Gasteiger partial charge in [-0.15, -0.1) is 0 Å². The van der Waals surface area contributed by atoms with Gasteiger partial charge in [0.2, 0.25) is 5.95 Å². The van der Waals surface area contributed by atoms with Gasteiger partial charge in [-0.05, 0) is 29.8 Å². The third kappa shape index (κ3) is 3.81. The van der Waals surface area contributed by atoms with Crippen LogP contribution in [0.1, 0.15) is 16.9 Å². The number of nitrogens with zero attached hydrogens (tertiary/aromatic N) is 3. The topological polar surface area (TPSA) is 139 Å². The molecule has 0 aliphatic carbocycles. The first kappa shape index (κ1) is 18.2. The number of ether oxygens (including phenoxy) is 2. The molecule has 9 nitrogen and oxygen atoms in total. The Morgan fingerprint density at radius 3 is 2.67 bits per heavy atom. The fourth-order valence-electron chi connectivity index (χ4n) is 2.77. The molecule has 0 unspecified atom stereocenters. The predicted molar refractivity (Wildman–Crippen MR) is 100 cm³/mol. The number of nitrogens with two attached hydrogens (primary N) is 2. The Hall–Kier alpha value is -3.62. The number of nitroso groups, excluding NO2 is 1. The third-order valence-electron chi connectivity index (χ3n) is 4.00. The van der Waals surface area contributed by atoms with Crippen molar-refractivity contribution in [2.45, 2.75) is 13.0 Å². The van der Waals surface area contributed by atoms with Crippen molar-refractivity contribution in [1.29, 1.82) is 0 Å². The number of aromatic nitrogens is 2. The van der Waals surface area contributed by atoms with Gasteiger partial charge in [0.25, 0.3) is 0 Å². The van der Waals surface area contributed by atoms with Crippen LogP contribution in [0.5, 0.6) is 11.5 Å². The third-order valence-corrected chi connectivity index (χ3v) is 4.00. The molecule has 0 saturated carbocycles. The van der Waals surface area contributed by atoms with E-state index in [1.165, 1.54) is 0 Å². The molecule has 0 bridgehead atoms. The summed E-state index contributed by atoms with van der Waals surface area (Å²) in [4.78, 5) is 18.4. The van der Waals surface area contributed by atoms with Crippen molar-refractivity contribution >= 4 is 11.8 Å². The monoisotopic (exact) mass is 369 g/mol. The molecule has 0 radical (unpaired) electrons. The van der Waals surface area contributed by atoms with Gasteiger partial charge in [-0.25, -0.2) is 4.98 Å². The van der Waals surface area contributed by atoms with Gasteiger partial charge in [0.1, 0.15) is 23.9 Å². The molecule has 0 fully saturated rings. The second-order valence-electron chi connectivity index (χ2n) is 5.75. The van der Waals surface area contributed by atoms with Crippen LogP contribution in [-0.4, -0.2) is 24.2 Å². The minimum absolute atomic E-state index is 0.0432. The summed E-state index contributed by atoms with van der Waals surface area (Å²) in [6.45, 7) is -0.0432. The quantitative estimate of drug-likeness (QED) is 0.606. The number of furan rings is 1. The molecule has 0 amide bonds. The molecule has 3 rings (SSSR count). The van der Waals surface area contributed by atoms with Gasteiger partial charge >= 0.3 is 0 Å². The molecule has 3 aromatic rings. The van der Waals surface area contributed by atoms with Crippen LogP contribution in [0.15, 0.2) is 40.1 Å². The van der Waals surface area contributed by atoms with Gasteiger partial charge in [-0.3, -0.25) is 0 Å². The summed E-state index contributed by atoms with van der Waals surface area (Å²) >= 11 is 0. The molecule has 0 atom stereocenters. The maximum atomic E-state index is 10.5. The van der Waals surface area contributed by atoms with Crippen molar-refractivity contribution in [3.05, 3.63) is 52.3 Å². The minimum atomic E-state index is -0.0432. The van der Waals surface area contributed by atoms with Crippen molar-refractivity contribution < 1.29 is 13.9 Å². The van der Waals surface area contributed by atoms with E-state index in [9.17, 15) is 4.91 Å². The summed E-state index contributed by atoms with van der Waals surface area (Å²) in [6, 6.07) is 7.19. The van der Waals surface area contributed by atoms with Crippen LogP contribution >= 0.6 is 0 Å². The highest BCUT2D eigenvalue weighted by Gasteiger charge is 2.18. The van der Waals surface area contributed by atoms with Crippen LogP contribution in [0, 0.1) is 4.91 Å². The van der Waals surface area contributed by atoms with Crippen LogP contribution in [0.4, 0.5) is 11.8 Å². The predicted octanol–water partition coefficient (Wildman–Crippen LogP) is 2.78. The van der Waals surface area contributed by atoms with E-state index in [0.717, 1.165) is 11.1 Å².